The highest BCUT2D eigenvalue weighted by molar-refractivity contribution is 7.93. The Labute approximate surface area is 136 Å². The van der Waals surface area contributed by atoms with Gasteiger partial charge in [-0.15, -0.1) is 0 Å². The second kappa shape index (κ2) is 5.53. The minimum absolute atomic E-state index is 0.272. The summed E-state index contributed by atoms with van der Waals surface area (Å²) in [6, 6.07) is 9.86. The summed E-state index contributed by atoms with van der Waals surface area (Å²) >= 11 is 0. The third kappa shape index (κ3) is 2.47. The molecule has 0 radical (unpaired) electrons. The quantitative estimate of drug-likeness (QED) is 0.935. The van der Waals surface area contributed by atoms with Crippen LogP contribution in [0.25, 0.3) is 10.8 Å². The van der Waals surface area contributed by atoms with E-state index in [4.69, 9.17) is 0 Å². The summed E-state index contributed by atoms with van der Waals surface area (Å²) < 4.78 is 27.0. The van der Waals surface area contributed by atoms with Gasteiger partial charge in [0.2, 0.25) is 5.91 Å². The van der Waals surface area contributed by atoms with Crippen molar-refractivity contribution in [2.45, 2.75) is 31.7 Å². The molecule has 122 valence electrons. The molecule has 23 heavy (non-hydrogen) atoms. The third-order valence-electron chi connectivity index (χ3n) is 4.03. The molecule has 3 rings (SSSR count). The fourth-order valence-corrected chi connectivity index (χ4v) is 4.76. The van der Waals surface area contributed by atoms with Gasteiger partial charge in [-0.1, -0.05) is 38.1 Å². The minimum atomic E-state index is -3.71. The van der Waals surface area contributed by atoms with Crippen molar-refractivity contribution < 1.29 is 13.2 Å². The van der Waals surface area contributed by atoms with Gasteiger partial charge in [-0.2, -0.15) is 0 Å². The molecule has 1 amide bonds. The van der Waals surface area contributed by atoms with Gasteiger partial charge in [0.1, 0.15) is 6.04 Å². The molecule has 1 aliphatic heterocycles. The number of carbonyl (C=O) groups excluding carboxylic acids is 1. The zero-order valence-corrected chi connectivity index (χ0v) is 14.2. The lowest BCUT2D eigenvalue weighted by atomic mass is 10.1. The highest BCUT2D eigenvalue weighted by Crippen LogP contribution is 2.43. The maximum atomic E-state index is 12.9. The van der Waals surface area contributed by atoms with Gasteiger partial charge in [0.15, 0.2) is 0 Å². The maximum Gasteiger partial charge on any atom is 0.265 e. The van der Waals surface area contributed by atoms with Crippen molar-refractivity contribution in [3.05, 3.63) is 36.4 Å². The fourth-order valence-electron chi connectivity index (χ4n) is 2.90. The van der Waals surface area contributed by atoms with Crippen molar-refractivity contribution in [1.82, 2.24) is 5.32 Å². The summed E-state index contributed by atoms with van der Waals surface area (Å²) in [5.41, 5.74) is 0.574. The summed E-state index contributed by atoms with van der Waals surface area (Å²) in [5.74, 6) is 0.0223. The Balaban J connectivity index is 2.05. The molecule has 0 spiro atoms. The van der Waals surface area contributed by atoms with Crippen LogP contribution in [0, 0.1) is 5.92 Å². The largest absolute Gasteiger partial charge is 0.354 e. The maximum absolute atomic E-state index is 12.9. The standard InChI is InChI=1S/C17H20N2O3S/c1-11(2)10-18-17(20)12(3)19-14-8-4-6-13-7-5-9-15(16(13)14)23(19,21)22/h4-9,11-12H,10H2,1-3H3,(H,18,20)/t12-/m0/s1. The van der Waals surface area contributed by atoms with Gasteiger partial charge in [0.05, 0.1) is 10.6 Å². The van der Waals surface area contributed by atoms with Crippen molar-refractivity contribution in [2.24, 2.45) is 5.92 Å². The lowest BCUT2D eigenvalue weighted by molar-refractivity contribution is -0.121. The Morgan fingerprint density at radius 2 is 1.78 bits per heavy atom. The summed E-state index contributed by atoms with van der Waals surface area (Å²) in [4.78, 5) is 12.6. The van der Waals surface area contributed by atoms with E-state index in [0.717, 1.165) is 5.39 Å². The smallest absolute Gasteiger partial charge is 0.265 e. The molecule has 1 N–H and O–H groups in total. The first-order valence-corrected chi connectivity index (χ1v) is 9.12. The van der Waals surface area contributed by atoms with Crippen molar-refractivity contribution in [3.63, 3.8) is 0 Å². The monoisotopic (exact) mass is 332 g/mol. The van der Waals surface area contributed by atoms with E-state index in [1.54, 1.807) is 25.1 Å². The topological polar surface area (TPSA) is 66.5 Å². The molecular formula is C17H20N2O3S. The molecule has 0 saturated carbocycles. The van der Waals surface area contributed by atoms with Gasteiger partial charge >= 0.3 is 0 Å². The zero-order chi connectivity index (χ0) is 16.8. The zero-order valence-electron chi connectivity index (χ0n) is 13.4. The van der Waals surface area contributed by atoms with E-state index in [2.05, 4.69) is 5.32 Å². The van der Waals surface area contributed by atoms with Crippen LogP contribution in [0.4, 0.5) is 5.69 Å². The van der Waals surface area contributed by atoms with Gasteiger partial charge in [-0.25, -0.2) is 8.42 Å². The molecule has 0 aromatic heterocycles. The van der Waals surface area contributed by atoms with Crippen LogP contribution in [0.2, 0.25) is 0 Å². The number of sulfonamides is 1. The highest BCUT2D eigenvalue weighted by Gasteiger charge is 2.40. The number of anilines is 1. The van der Waals surface area contributed by atoms with Gasteiger partial charge in [0.25, 0.3) is 10.0 Å². The molecule has 1 heterocycles. The van der Waals surface area contributed by atoms with Crippen LogP contribution >= 0.6 is 0 Å². The lowest BCUT2D eigenvalue weighted by Crippen LogP contribution is -2.47. The number of hydrogen-bond acceptors (Lipinski definition) is 3. The first-order valence-electron chi connectivity index (χ1n) is 7.68. The van der Waals surface area contributed by atoms with Crippen LogP contribution in [0.5, 0.6) is 0 Å². The number of benzene rings is 2. The number of amides is 1. The molecule has 1 aliphatic rings. The number of nitrogens with zero attached hydrogens (tertiary/aromatic N) is 1. The Morgan fingerprint density at radius 1 is 1.13 bits per heavy atom. The van der Waals surface area contributed by atoms with Gasteiger partial charge in [-0.3, -0.25) is 9.10 Å². The number of nitrogens with one attached hydrogen (secondary N) is 1. The van der Waals surface area contributed by atoms with E-state index in [-0.39, 0.29) is 10.8 Å². The van der Waals surface area contributed by atoms with Gasteiger partial charge in [0, 0.05) is 11.9 Å². The van der Waals surface area contributed by atoms with E-state index < -0.39 is 16.1 Å². The molecule has 0 bridgehead atoms. The molecule has 0 unspecified atom stereocenters. The predicted octanol–water partition coefficient (Wildman–Crippen LogP) is 2.51. The Bertz CT molecular complexity index is 869. The number of rotatable bonds is 4. The molecule has 0 fully saturated rings. The number of hydrogen-bond donors (Lipinski definition) is 1. The van der Waals surface area contributed by atoms with Crippen LogP contribution in [0.3, 0.4) is 0 Å². The highest BCUT2D eigenvalue weighted by atomic mass is 32.2. The second-order valence-electron chi connectivity index (χ2n) is 6.25. The molecule has 0 saturated heterocycles. The van der Waals surface area contributed by atoms with E-state index in [0.29, 0.717) is 23.5 Å². The normalized spacial score (nSPS) is 16.8. The molecule has 1 atom stereocenters. The number of carbonyl (C=O) groups is 1. The first kappa shape index (κ1) is 15.8. The summed E-state index contributed by atoms with van der Waals surface area (Å²) in [7, 11) is -3.71. The summed E-state index contributed by atoms with van der Waals surface area (Å²) in [5, 5.41) is 4.37. The van der Waals surface area contributed by atoms with Crippen molar-refractivity contribution in [1.29, 1.82) is 0 Å². The third-order valence-corrected chi connectivity index (χ3v) is 5.96. The SMILES string of the molecule is CC(C)CNC(=O)[C@H](C)N1c2cccc3cccc(c23)S1(=O)=O. The van der Waals surface area contributed by atoms with Crippen molar-refractivity contribution >= 4 is 32.4 Å². The molecule has 2 aromatic carbocycles. The Morgan fingerprint density at radius 3 is 2.43 bits per heavy atom. The fraction of sp³-hybridized carbons (Fsp3) is 0.353. The average Bonchev–Trinajstić information content (AvgIpc) is 2.74. The van der Waals surface area contributed by atoms with E-state index in [1.165, 1.54) is 4.31 Å². The van der Waals surface area contributed by atoms with Crippen LogP contribution in [0.1, 0.15) is 20.8 Å². The average molecular weight is 332 g/mol. The van der Waals surface area contributed by atoms with Gasteiger partial charge < -0.3 is 5.32 Å². The van der Waals surface area contributed by atoms with E-state index in [1.807, 2.05) is 32.0 Å². The molecular weight excluding hydrogens is 312 g/mol. The second-order valence-corrected chi connectivity index (χ2v) is 8.03. The summed E-state index contributed by atoms with van der Waals surface area (Å²) in [6.45, 7) is 6.13. The molecule has 0 aliphatic carbocycles. The van der Waals surface area contributed by atoms with Crippen molar-refractivity contribution in [2.75, 3.05) is 10.8 Å². The minimum Gasteiger partial charge on any atom is -0.354 e. The van der Waals surface area contributed by atoms with Gasteiger partial charge in [-0.05, 0) is 30.4 Å². The van der Waals surface area contributed by atoms with Crippen LogP contribution in [-0.4, -0.2) is 26.9 Å². The first-order chi connectivity index (χ1) is 10.8. The van der Waals surface area contributed by atoms with Crippen LogP contribution < -0.4 is 9.62 Å². The van der Waals surface area contributed by atoms with Crippen molar-refractivity contribution in [3.8, 4) is 0 Å². The van der Waals surface area contributed by atoms with E-state index >= 15 is 0 Å². The lowest BCUT2D eigenvalue weighted by Gasteiger charge is -2.25. The molecule has 2 aromatic rings. The Kier molecular flexibility index (Phi) is 3.80. The molecule has 6 heteroatoms. The predicted molar refractivity (Wildman–Crippen MR) is 90.9 cm³/mol. The Hall–Kier alpha value is -2.08. The summed E-state index contributed by atoms with van der Waals surface area (Å²) in [6.07, 6.45) is 0. The van der Waals surface area contributed by atoms with E-state index in [9.17, 15) is 13.2 Å². The van der Waals surface area contributed by atoms with Crippen LogP contribution in [-0.2, 0) is 14.8 Å². The molecule has 5 nitrogen and oxygen atoms in total. The van der Waals surface area contributed by atoms with Crippen LogP contribution in [0.15, 0.2) is 41.3 Å².